The van der Waals surface area contributed by atoms with Crippen molar-refractivity contribution in [3.8, 4) is 5.75 Å². The van der Waals surface area contributed by atoms with Gasteiger partial charge in [0.05, 0.1) is 18.3 Å². The summed E-state index contributed by atoms with van der Waals surface area (Å²) in [4.78, 5) is 0. The first-order valence-electron chi connectivity index (χ1n) is 5.25. The average molecular weight is 213 g/mol. The lowest BCUT2D eigenvalue weighted by molar-refractivity contribution is 0.418. The van der Waals surface area contributed by atoms with Crippen LogP contribution < -0.4 is 4.74 Å². The second kappa shape index (κ2) is 4.27. The molecule has 0 unspecified atom stereocenters. The summed E-state index contributed by atoms with van der Waals surface area (Å²) in [6.45, 7) is 5.84. The van der Waals surface area contributed by atoms with Gasteiger partial charge < -0.3 is 9.30 Å². The minimum atomic E-state index is 0.897. The van der Waals surface area contributed by atoms with E-state index in [4.69, 9.17) is 4.74 Å². The van der Waals surface area contributed by atoms with Gasteiger partial charge in [0.1, 0.15) is 0 Å². The Morgan fingerprint density at radius 3 is 2.69 bits per heavy atom. The Morgan fingerprint density at radius 2 is 2.06 bits per heavy atom. The molecule has 0 amide bonds. The maximum absolute atomic E-state index is 5.47. The van der Waals surface area contributed by atoms with Crippen molar-refractivity contribution in [2.45, 2.75) is 6.92 Å². The van der Waals surface area contributed by atoms with Crippen LogP contribution in [0.15, 0.2) is 36.9 Å². The lowest BCUT2D eigenvalue weighted by Gasteiger charge is -2.01. The minimum absolute atomic E-state index is 0.897. The lowest BCUT2D eigenvalue weighted by Crippen LogP contribution is -1.90. The predicted molar refractivity (Wildman–Crippen MR) is 69.6 cm³/mol. The highest BCUT2D eigenvalue weighted by atomic mass is 16.5. The van der Waals surface area contributed by atoms with Crippen LogP contribution in [0, 0.1) is 0 Å². The molecule has 16 heavy (non-hydrogen) atoms. The third-order valence-electron chi connectivity index (χ3n) is 2.61. The van der Waals surface area contributed by atoms with Gasteiger partial charge in [-0.15, -0.1) is 0 Å². The van der Waals surface area contributed by atoms with Gasteiger partial charge in [-0.2, -0.15) is 0 Å². The number of hydrogen-bond donors (Lipinski definition) is 0. The number of para-hydroxylation sites is 1. The van der Waals surface area contributed by atoms with Gasteiger partial charge in [0.15, 0.2) is 5.75 Å². The van der Waals surface area contributed by atoms with Crippen LogP contribution in [0.5, 0.6) is 5.75 Å². The second-order valence-electron chi connectivity index (χ2n) is 3.49. The molecule has 0 fully saturated rings. The van der Waals surface area contributed by atoms with Gasteiger partial charge in [0.2, 0.25) is 0 Å². The van der Waals surface area contributed by atoms with Crippen molar-refractivity contribution < 1.29 is 4.74 Å². The molecule has 1 aromatic heterocycles. The molecule has 0 bridgehead atoms. The smallest absolute Gasteiger partial charge is 0.152 e. The van der Waals surface area contributed by atoms with E-state index in [9.17, 15) is 0 Å². The zero-order valence-corrected chi connectivity index (χ0v) is 9.60. The molecule has 2 nitrogen and oxygen atoms in total. The van der Waals surface area contributed by atoms with Gasteiger partial charge in [-0.3, -0.25) is 0 Å². The molecule has 0 atom stereocenters. The van der Waals surface area contributed by atoms with Crippen LogP contribution in [0.4, 0.5) is 0 Å². The van der Waals surface area contributed by atoms with E-state index >= 15 is 0 Å². The van der Waals surface area contributed by atoms with Crippen LogP contribution in [0.25, 0.3) is 23.2 Å². The SMILES string of the molecule is C=Cn1c(/C=C\C)c(OC)c2ccccc21. The Labute approximate surface area is 95.5 Å². The molecule has 0 aliphatic rings. The average Bonchev–Trinajstić information content (AvgIpc) is 2.62. The Morgan fingerprint density at radius 1 is 1.31 bits per heavy atom. The number of hydrogen-bond acceptors (Lipinski definition) is 1. The monoisotopic (exact) mass is 213 g/mol. The number of rotatable bonds is 3. The highest BCUT2D eigenvalue weighted by molar-refractivity contribution is 5.93. The van der Waals surface area contributed by atoms with Gasteiger partial charge in [0, 0.05) is 11.6 Å². The maximum Gasteiger partial charge on any atom is 0.152 e. The van der Waals surface area contributed by atoms with Gasteiger partial charge >= 0.3 is 0 Å². The molecule has 0 saturated heterocycles. The quantitative estimate of drug-likeness (QED) is 0.756. The highest BCUT2D eigenvalue weighted by Crippen LogP contribution is 2.33. The van der Waals surface area contributed by atoms with E-state index in [0.717, 1.165) is 22.3 Å². The zero-order valence-electron chi connectivity index (χ0n) is 9.60. The Balaban J connectivity index is 2.89. The van der Waals surface area contributed by atoms with Crippen LogP contribution >= 0.6 is 0 Å². The standard InChI is InChI=1S/C14H15NO/c1-4-8-13-14(16-3)11-9-6-7-10-12(11)15(13)5-2/h4-10H,2H2,1,3H3/b8-4-. The number of ether oxygens (including phenoxy) is 1. The number of benzene rings is 1. The summed E-state index contributed by atoms with van der Waals surface area (Å²) < 4.78 is 7.51. The second-order valence-corrected chi connectivity index (χ2v) is 3.49. The highest BCUT2D eigenvalue weighted by Gasteiger charge is 2.13. The summed E-state index contributed by atoms with van der Waals surface area (Å²) in [5.41, 5.74) is 2.14. The Hall–Kier alpha value is -1.96. The maximum atomic E-state index is 5.47. The van der Waals surface area contributed by atoms with Crippen molar-refractivity contribution in [3.63, 3.8) is 0 Å². The molecule has 1 heterocycles. The third-order valence-corrected chi connectivity index (χ3v) is 2.61. The largest absolute Gasteiger partial charge is 0.494 e. The van der Waals surface area contributed by atoms with Gasteiger partial charge in [0.25, 0.3) is 0 Å². The molecular weight excluding hydrogens is 198 g/mol. The molecule has 0 saturated carbocycles. The molecule has 0 radical (unpaired) electrons. The first-order chi connectivity index (χ1) is 7.83. The molecule has 0 N–H and O–H groups in total. The molecule has 0 aliphatic heterocycles. The number of allylic oxidation sites excluding steroid dienone is 1. The fraction of sp³-hybridized carbons (Fsp3) is 0.143. The first kappa shape index (κ1) is 10.6. The fourth-order valence-corrected chi connectivity index (χ4v) is 1.98. The van der Waals surface area contributed by atoms with Crippen molar-refractivity contribution in [2.24, 2.45) is 0 Å². The van der Waals surface area contributed by atoms with E-state index in [1.54, 1.807) is 13.3 Å². The van der Waals surface area contributed by atoms with E-state index in [0.29, 0.717) is 0 Å². The summed E-state index contributed by atoms with van der Waals surface area (Å²) in [6.07, 6.45) is 5.83. The van der Waals surface area contributed by atoms with Gasteiger partial charge in [-0.1, -0.05) is 24.8 Å². The molecule has 0 spiro atoms. The normalized spacial score (nSPS) is 11.1. The van der Waals surface area contributed by atoms with Crippen LogP contribution in [0.3, 0.4) is 0 Å². The molecule has 2 aromatic rings. The number of aromatic nitrogens is 1. The molecule has 1 aromatic carbocycles. The van der Waals surface area contributed by atoms with Crippen molar-refractivity contribution in [2.75, 3.05) is 7.11 Å². The summed E-state index contributed by atoms with van der Waals surface area (Å²) >= 11 is 0. The summed E-state index contributed by atoms with van der Waals surface area (Å²) in [5, 5.41) is 1.11. The molecule has 0 aliphatic carbocycles. The molecule has 82 valence electrons. The number of fused-ring (bicyclic) bond motifs is 1. The van der Waals surface area contributed by atoms with E-state index in [1.807, 2.05) is 35.8 Å². The van der Waals surface area contributed by atoms with Gasteiger partial charge in [-0.05, 0) is 25.1 Å². The fourth-order valence-electron chi connectivity index (χ4n) is 1.98. The molecule has 2 heteroatoms. The third kappa shape index (κ3) is 1.43. The summed E-state index contributed by atoms with van der Waals surface area (Å²) in [5.74, 6) is 0.897. The van der Waals surface area contributed by atoms with E-state index < -0.39 is 0 Å². The summed E-state index contributed by atoms with van der Waals surface area (Å²) in [6, 6.07) is 8.15. The lowest BCUT2D eigenvalue weighted by atomic mass is 10.2. The number of methoxy groups -OCH3 is 1. The van der Waals surface area contributed by atoms with E-state index in [1.165, 1.54) is 0 Å². The topological polar surface area (TPSA) is 14.2 Å². The molecular formula is C14H15NO. The predicted octanol–water partition coefficient (Wildman–Crippen LogP) is 3.78. The van der Waals surface area contributed by atoms with Crippen molar-refractivity contribution >= 4 is 23.2 Å². The van der Waals surface area contributed by atoms with E-state index in [2.05, 4.69) is 18.7 Å². The Kier molecular flexibility index (Phi) is 2.82. The minimum Gasteiger partial charge on any atom is -0.494 e. The van der Waals surface area contributed by atoms with Crippen molar-refractivity contribution in [1.29, 1.82) is 0 Å². The summed E-state index contributed by atoms with van der Waals surface area (Å²) in [7, 11) is 1.70. The van der Waals surface area contributed by atoms with Crippen LogP contribution in [-0.4, -0.2) is 11.7 Å². The van der Waals surface area contributed by atoms with Crippen LogP contribution in [-0.2, 0) is 0 Å². The van der Waals surface area contributed by atoms with Gasteiger partial charge in [-0.25, -0.2) is 0 Å². The van der Waals surface area contributed by atoms with Crippen LogP contribution in [0.2, 0.25) is 0 Å². The Bertz CT molecular complexity index is 549. The zero-order chi connectivity index (χ0) is 11.5. The first-order valence-corrected chi connectivity index (χ1v) is 5.25. The van der Waals surface area contributed by atoms with Crippen molar-refractivity contribution in [3.05, 3.63) is 42.6 Å². The van der Waals surface area contributed by atoms with E-state index in [-0.39, 0.29) is 0 Å². The van der Waals surface area contributed by atoms with Crippen LogP contribution in [0.1, 0.15) is 12.6 Å². The molecule has 2 rings (SSSR count). The van der Waals surface area contributed by atoms with Crippen molar-refractivity contribution in [1.82, 2.24) is 4.57 Å². The number of nitrogens with zero attached hydrogens (tertiary/aromatic N) is 1.